The average molecular weight is 624 g/mol. The molecule has 0 spiro atoms. The Morgan fingerprint density at radius 2 is 1.82 bits per heavy atom. The number of pyridine rings is 2. The maximum atomic E-state index is 14.9. The van der Waals surface area contributed by atoms with Crippen LogP contribution in [0.5, 0.6) is 11.5 Å². The van der Waals surface area contributed by atoms with Crippen molar-refractivity contribution in [3.63, 3.8) is 0 Å². The van der Waals surface area contributed by atoms with E-state index in [2.05, 4.69) is 15.6 Å². The van der Waals surface area contributed by atoms with E-state index in [4.69, 9.17) is 26.8 Å². The maximum Gasteiger partial charge on any atom is 0.310 e. The molecule has 1 aliphatic rings. The summed E-state index contributed by atoms with van der Waals surface area (Å²) >= 11 is 6.07. The summed E-state index contributed by atoms with van der Waals surface area (Å²) in [4.78, 5) is 43.5. The highest BCUT2D eigenvalue weighted by molar-refractivity contribution is 6.34. The van der Waals surface area contributed by atoms with Crippen molar-refractivity contribution in [2.45, 2.75) is 26.0 Å². The van der Waals surface area contributed by atoms with Crippen LogP contribution in [0.1, 0.15) is 36.4 Å². The summed E-state index contributed by atoms with van der Waals surface area (Å²) in [7, 11) is 0. The molecule has 1 unspecified atom stereocenters. The number of hydrogen-bond donors (Lipinski definition) is 3. The van der Waals surface area contributed by atoms with Crippen molar-refractivity contribution in [3.05, 3.63) is 99.6 Å². The van der Waals surface area contributed by atoms with E-state index in [0.29, 0.717) is 31.5 Å². The van der Waals surface area contributed by atoms with Gasteiger partial charge in [0.1, 0.15) is 22.2 Å². The van der Waals surface area contributed by atoms with Gasteiger partial charge in [-0.2, -0.15) is 0 Å². The fourth-order valence-corrected chi connectivity index (χ4v) is 4.84. The molecule has 13 heteroatoms. The first-order valence-electron chi connectivity index (χ1n) is 13.7. The molecule has 0 bridgehead atoms. The lowest BCUT2D eigenvalue weighted by molar-refractivity contribution is -0.158. The van der Waals surface area contributed by atoms with Gasteiger partial charge in [-0.3, -0.25) is 14.4 Å². The lowest BCUT2D eigenvalue weighted by Gasteiger charge is -2.24. The molecule has 4 aromatic rings. The number of amides is 1. The monoisotopic (exact) mass is 623 g/mol. The van der Waals surface area contributed by atoms with Crippen LogP contribution in [-0.2, 0) is 9.53 Å². The Kier molecular flexibility index (Phi) is 9.21. The van der Waals surface area contributed by atoms with Crippen LogP contribution in [0.25, 0.3) is 11.1 Å². The Balaban J connectivity index is 1.42. The summed E-state index contributed by atoms with van der Waals surface area (Å²) in [6, 6.07) is 10.3. The second-order valence-corrected chi connectivity index (χ2v) is 10.5. The number of piperidine rings is 1. The third-order valence-electron chi connectivity index (χ3n) is 7.11. The summed E-state index contributed by atoms with van der Waals surface area (Å²) in [5.74, 6) is -2.93. The van der Waals surface area contributed by atoms with Crippen molar-refractivity contribution < 1.29 is 27.8 Å². The highest BCUT2D eigenvalue weighted by atomic mass is 35.5. The summed E-state index contributed by atoms with van der Waals surface area (Å²) in [5, 5.41) is 5.72. The number of carbonyl (C=O) groups is 2. The number of nitrogens with two attached hydrogens (primary N) is 1. The fraction of sp³-hybridized carbons (Fsp3) is 0.226. The first kappa shape index (κ1) is 30.6. The number of rotatable bonds is 8. The summed E-state index contributed by atoms with van der Waals surface area (Å²) in [6.07, 6.45) is 4.43. The number of anilines is 2. The number of carbonyl (C=O) groups excluding carboxylic acids is 2. The van der Waals surface area contributed by atoms with Gasteiger partial charge in [0.25, 0.3) is 5.91 Å². The number of nitrogen functional groups attached to an aromatic ring is 1. The van der Waals surface area contributed by atoms with Gasteiger partial charge in [-0.1, -0.05) is 23.7 Å². The third-order valence-corrected chi connectivity index (χ3v) is 7.49. The fourth-order valence-electron chi connectivity index (χ4n) is 4.69. The van der Waals surface area contributed by atoms with E-state index in [1.165, 1.54) is 65.6 Å². The van der Waals surface area contributed by atoms with Crippen molar-refractivity contribution in [3.8, 4) is 22.6 Å². The zero-order chi connectivity index (χ0) is 31.4. The predicted octanol–water partition coefficient (Wildman–Crippen LogP) is 5.53. The molecular weight excluding hydrogens is 596 g/mol. The Labute approximate surface area is 255 Å². The number of benzene rings is 2. The minimum atomic E-state index is -0.883. The topological polar surface area (TPSA) is 138 Å². The van der Waals surface area contributed by atoms with Gasteiger partial charge in [-0.15, -0.1) is 0 Å². The minimum Gasteiger partial charge on any atom is -0.453 e. The normalized spacial score (nSPS) is 14.1. The minimum absolute atomic E-state index is 0.0113. The van der Waals surface area contributed by atoms with Crippen LogP contribution in [0, 0.1) is 17.6 Å². The third kappa shape index (κ3) is 6.87. The molecule has 0 saturated carbocycles. The van der Waals surface area contributed by atoms with Gasteiger partial charge in [0, 0.05) is 42.0 Å². The van der Waals surface area contributed by atoms with E-state index in [9.17, 15) is 23.2 Å². The van der Waals surface area contributed by atoms with Gasteiger partial charge in [0.15, 0.2) is 23.5 Å². The highest BCUT2D eigenvalue weighted by Gasteiger charge is 2.25. The number of esters is 1. The molecule has 3 heterocycles. The largest absolute Gasteiger partial charge is 0.453 e. The smallest absolute Gasteiger partial charge is 0.310 e. The number of hydrogen-bond acceptors (Lipinski definition) is 8. The molecular formula is C31H28ClF2N5O5. The molecule has 1 aliphatic heterocycles. The summed E-state index contributed by atoms with van der Waals surface area (Å²) in [6.45, 7) is 3.01. The Hall–Kier alpha value is -4.81. The Bertz CT molecular complexity index is 1760. The first-order chi connectivity index (χ1) is 21.1. The zero-order valence-electron chi connectivity index (χ0n) is 23.5. The molecule has 2 aromatic heterocycles. The van der Waals surface area contributed by atoms with Crippen LogP contribution < -0.4 is 26.5 Å². The SMILES string of the molecule is CC(OC(=O)C1CCNCC1)n1cc(C(=O)Nc2ccc(Oc3ccnc(N)c3Cl)c(F)c2)c(=O)c(-c2ccc(F)cc2)c1. The van der Waals surface area contributed by atoms with Crippen molar-refractivity contribution in [1.29, 1.82) is 0 Å². The van der Waals surface area contributed by atoms with Crippen LogP contribution in [0.3, 0.4) is 0 Å². The lowest BCUT2D eigenvalue weighted by Crippen LogP contribution is -2.33. The Morgan fingerprint density at radius 3 is 2.52 bits per heavy atom. The second kappa shape index (κ2) is 13.2. The number of aromatic nitrogens is 2. The summed E-state index contributed by atoms with van der Waals surface area (Å²) in [5.41, 5.74) is 5.15. The molecule has 1 fully saturated rings. The first-order valence-corrected chi connectivity index (χ1v) is 14.1. The molecule has 1 saturated heterocycles. The predicted molar refractivity (Wildman–Crippen MR) is 161 cm³/mol. The van der Waals surface area contributed by atoms with Gasteiger partial charge < -0.3 is 30.4 Å². The maximum absolute atomic E-state index is 14.9. The second-order valence-electron chi connectivity index (χ2n) is 10.1. The van der Waals surface area contributed by atoms with E-state index in [1.807, 2.05) is 0 Å². The van der Waals surface area contributed by atoms with E-state index >= 15 is 0 Å². The molecule has 0 aliphatic carbocycles. The molecule has 228 valence electrons. The molecule has 1 amide bonds. The quantitative estimate of drug-likeness (QED) is 0.218. The van der Waals surface area contributed by atoms with E-state index in [-0.39, 0.29) is 51.0 Å². The number of nitrogens with zero attached hydrogens (tertiary/aromatic N) is 2. The van der Waals surface area contributed by atoms with Crippen LogP contribution in [0.4, 0.5) is 20.3 Å². The number of halogens is 3. The van der Waals surface area contributed by atoms with Gasteiger partial charge >= 0.3 is 5.97 Å². The zero-order valence-corrected chi connectivity index (χ0v) is 24.2. The van der Waals surface area contributed by atoms with E-state index < -0.39 is 29.2 Å². The van der Waals surface area contributed by atoms with Crippen LogP contribution in [-0.4, -0.2) is 34.5 Å². The standard InChI is InChI=1S/C31H28ClF2N5O5/c1-17(43-31(42)19-8-11-36-12-9-19)39-15-22(18-2-4-20(33)5-3-18)28(40)23(16-39)30(41)38-21-6-7-25(24(34)14-21)44-26-10-13-37-29(35)27(26)32/h2-7,10,13-17,19,36H,8-9,11-12H2,1H3,(H2,35,37)(H,38,41). The van der Waals surface area contributed by atoms with Gasteiger partial charge in [0.05, 0.1) is 5.92 Å². The lowest BCUT2D eigenvalue weighted by atomic mass is 9.98. The van der Waals surface area contributed by atoms with Gasteiger partial charge in [0.2, 0.25) is 5.43 Å². The van der Waals surface area contributed by atoms with Crippen LogP contribution in [0.2, 0.25) is 5.02 Å². The molecule has 1 atom stereocenters. The number of nitrogens with one attached hydrogen (secondary N) is 2. The van der Waals surface area contributed by atoms with Crippen molar-refractivity contribution in [1.82, 2.24) is 14.9 Å². The molecule has 44 heavy (non-hydrogen) atoms. The van der Waals surface area contributed by atoms with Crippen molar-refractivity contribution in [2.75, 3.05) is 24.1 Å². The van der Waals surface area contributed by atoms with Crippen molar-refractivity contribution in [2.24, 2.45) is 5.92 Å². The van der Waals surface area contributed by atoms with Gasteiger partial charge in [-0.05, 0) is 62.7 Å². The van der Waals surface area contributed by atoms with Crippen LogP contribution in [0.15, 0.2) is 71.9 Å². The average Bonchev–Trinajstić information content (AvgIpc) is 3.01. The van der Waals surface area contributed by atoms with Gasteiger partial charge in [-0.25, -0.2) is 13.8 Å². The molecule has 2 aromatic carbocycles. The molecule has 10 nitrogen and oxygen atoms in total. The number of ether oxygens (including phenoxy) is 2. The van der Waals surface area contributed by atoms with Crippen LogP contribution >= 0.6 is 11.6 Å². The highest BCUT2D eigenvalue weighted by Crippen LogP contribution is 2.34. The Morgan fingerprint density at radius 1 is 1.09 bits per heavy atom. The molecule has 4 N–H and O–H groups in total. The van der Waals surface area contributed by atoms with E-state index in [1.54, 1.807) is 6.92 Å². The molecule has 5 rings (SSSR count). The van der Waals surface area contributed by atoms with E-state index in [0.717, 1.165) is 6.07 Å². The van der Waals surface area contributed by atoms with Crippen molar-refractivity contribution >= 4 is 35.0 Å². The summed E-state index contributed by atoms with van der Waals surface area (Å²) < 4.78 is 41.2. The molecule has 0 radical (unpaired) electrons.